The summed E-state index contributed by atoms with van der Waals surface area (Å²) >= 11 is 0. The third-order valence-electron chi connectivity index (χ3n) is 4.26. The lowest BCUT2D eigenvalue weighted by Gasteiger charge is -2.07. The molecule has 1 aliphatic carbocycles. The maximum Gasteiger partial charge on any atom is 0.228 e. The Labute approximate surface area is 134 Å². The molecule has 0 aliphatic heterocycles. The molecule has 4 nitrogen and oxygen atoms in total. The maximum absolute atomic E-state index is 12.3. The zero-order valence-corrected chi connectivity index (χ0v) is 12.6. The molecule has 1 fully saturated rings. The molecular weight excluding hydrogens is 286 g/mol. The summed E-state index contributed by atoms with van der Waals surface area (Å²) in [5.74, 6) is 0.549. The van der Waals surface area contributed by atoms with Gasteiger partial charge in [0.2, 0.25) is 5.91 Å². The van der Waals surface area contributed by atoms with Gasteiger partial charge < -0.3 is 5.32 Å². The highest BCUT2D eigenvalue weighted by atomic mass is 16.2. The Hall–Kier alpha value is -2.88. The van der Waals surface area contributed by atoms with Crippen LogP contribution in [0.1, 0.15) is 17.9 Å². The van der Waals surface area contributed by atoms with Crippen molar-refractivity contribution in [3.8, 4) is 5.69 Å². The van der Waals surface area contributed by atoms with Crippen LogP contribution in [0.4, 0.5) is 5.69 Å². The van der Waals surface area contributed by atoms with Gasteiger partial charge in [0.05, 0.1) is 5.69 Å². The summed E-state index contributed by atoms with van der Waals surface area (Å²) in [5, 5.41) is 7.20. The van der Waals surface area contributed by atoms with Crippen LogP contribution >= 0.6 is 0 Å². The molecule has 1 aromatic heterocycles. The van der Waals surface area contributed by atoms with Gasteiger partial charge in [-0.05, 0) is 48.2 Å². The molecule has 0 spiro atoms. The fourth-order valence-electron chi connectivity index (χ4n) is 2.91. The summed E-state index contributed by atoms with van der Waals surface area (Å²) < 4.78 is 1.79. The first-order chi connectivity index (χ1) is 11.3. The average molecular weight is 303 g/mol. The molecule has 1 heterocycles. The lowest BCUT2D eigenvalue weighted by atomic mass is 10.1. The predicted octanol–water partition coefficient (Wildman–Crippen LogP) is 3.61. The number of anilines is 1. The molecule has 114 valence electrons. The highest BCUT2D eigenvalue weighted by Crippen LogP contribution is 2.47. The number of hydrogen-bond donors (Lipinski definition) is 1. The molecule has 0 saturated heterocycles. The number of nitrogens with zero attached hydrogens (tertiary/aromatic N) is 2. The van der Waals surface area contributed by atoms with Crippen molar-refractivity contribution < 1.29 is 4.79 Å². The van der Waals surface area contributed by atoms with E-state index in [-0.39, 0.29) is 11.8 Å². The van der Waals surface area contributed by atoms with Gasteiger partial charge in [-0.2, -0.15) is 5.10 Å². The summed E-state index contributed by atoms with van der Waals surface area (Å²) in [6.45, 7) is 0. The van der Waals surface area contributed by atoms with Gasteiger partial charge in [-0.3, -0.25) is 4.79 Å². The van der Waals surface area contributed by atoms with Crippen molar-refractivity contribution in [1.29, 1.82) is 0 Å². The minimum Gasteiger partial charge on any atom is -0.326 e. The zero-order chi connectivity index (χ0) is 15.6. The third-order valence-corrected chi connectivity index (χ3v) is 4.26. The molecule has 0 radical (unpaired) electrons. The molecule has 4 heteroatoms. The van der Waals surface area contributed by atoms with E-state index in [2.05, 4.69) is 22.5 Å². The summed E-state index contributed by atoms with van der Waals surface area (Å²) in [6.07, 6.45) is 4.57. The summed E-state index contributed by atoms with van der Waals surface area (Å²) in [4.78, 5) is 12.3. The van der Waals surface area contributed by atoms with Gasteiger partial charge in [0.25, 0.3) is 0 Å². The van der Waals surface area contributed by atoms with Gasteiger partial charge >= 0.3 is 0 Å². The van der Waals surface area contributed by atoms with Gasteiger partial charge in [-0.1, -0.05) is 30.3 Å². The molecule has 1 saturated carbocycles. The molecule has 1 amide bonds. The Morgan fingerprint density at radius 2 is 1.83 bits per heavy atom. The van der Waals surface area contributed by atoms with Crippen molar-refractivity contribution in [1.82, 2.24) is 9.78 Å². The molecule has 23 heavy (non-hydrogen) atoms. The van der Waals surface area contributed by atoms with E-state index in [0.29, 0.717) is 5.92 Å². The van der Waals surface area contributed by atoms with E-state index in [4.69, 9.17) is 0 Å². The normalized spacial score (nSPS) is 19.3. The van der Waals surface area contributed by atoms with Gasteiger partial charge in [-0.25, -0.2) is 4.68 Å². The molecule has 1 N–H and O–H groups in total. The van der Waals surface area contributed by atoms with Crippen LogP contribution < -0.4 is 5.32 Å². The van der Waals surface area contributed by atoms with Crippen molar-refractivity contribution in [2.75, 3.05) is 5.32 Å². The first-order valence-corrected chi connectivity index (χ1v) is 7.77. The number of carbonyl (C=O) groups excluding carboxylic acids is 1. The molecule has 2 atom stereocenters. The Balaban J connectivity index is 1.40. The monoisotopic (exact) mass is 303 g/mol. The second kappa shape index (κ2) is 5.72. The molecular formula is C19H17N3O. The van der Waals surface area contributed by atoms with Gasteiger partial charge in [0.1, 0.15) is 0 Å². The van der Waals surface area contributed by atoms with Crippen LogP contribution in [0.25, 0.3) is 5.69 Å². The average Bonchev–Trinajstić information content (AvgIpc) is 3.22. The summed E-state index contributed by atoms with van der Waals surface area (Å²) in [5.41, 5.74) is 3.05. The van der Waals surface area contributed by atoms with Crippen LogP contribution in [0.5, 0.6) is 0 Å². The van der Waals surface area contributed by atoms with E-state index < -0.39 is 0 Å². The fourth-order valence-corrected chi connectivity index (χ4v) is 2.91. The van der Waals surface area contributed by atoms with Crippen LogP contribution in [0.3, 0.4) is 0 Å². The first-order valence-electron chi connectivity index (χ1n) is 7.77. The topological polar surface area (TPSA) is 46.9 Å². The quantitative estimate of drug-likeness (QED) is 0.800. The molecule has 1 aliphatic rings. The Morgan fingerprint density at radius 3 is 2.52 bits per heavy atom. The van der Waals surface area contributed by atoms with Crippen molar-refractivity contribution in [2.24, 2.45) is 5.92 Å². The van der Waals surface area contributed by atoms with Crippen LogP contribution in [-0.4, -0.2) is 15.7 Å². The van der Waals surface area contributed by atoms with Gasteiger partial charge in [0, 0.05) is 24.0 Å². The van der Waals surface area contributed by atoms with Crippen LogP contribution in [0, 0.1) is 5.92 Å². The van der Waals surface area contributed by atoms with Crippen molar-refractivity contribution in [3.63, 3.8) is 0 Å². The predicted molar refractivity (Wildman–Crippen MR) is 89.5 cm³/mol. The van der Waals surface area contributed by atoms with Gasteiger partial charge in [0.15, 0.2) is 0 Å². The molecule has 4 rings (SSSR count). The van der Waals surface area contributed by atoms with E-state index in [1.54, 1.807) is 10.9 Å². The minimum absolute atomic E-state index is 0.0863. The Morgan fingerprint density at radius 1 is 1.04 bits per heavy atom. The summed E-state index contributed by atoms with van der Waals surface area (Å²) in [6, 6.07) is 19.8. The van der Waals surface area contributed by atoms with Crippen LogP contribution in [-0.2, 0) is 4.79 Å². The maximum atomic E-state index is 12.3. The number of nitrogens with one attached hydrogen (secondary N) is 1. The largest absolute Gasteiger partial charge is 0.326 e. The molecule has 3 aromatic rings. The molecule has 0 bridgehead atoms. The fraction of sp³-hybridized carbons (Fsp3) is 0.158. The minimum atomic E-state index is 0.0863. The van der Waals surface area contributed by atoms with Crippen molar-refractivity contribution in [3.05, 3.63) is 78.6 Å². The standard InChI is InChI=1S/C19H17N3O/c23-19(18-13-17(18)14-5-2-1-3-6-14)21-15-7-9-16(10-8-15)22-12-4-11-20-22/h1-12,17-18H,13H2,(H,21,23). The van der Waals surface area contributed by atoms with E-state index >= 15 is 0 Å². The van der Waals surface area contributed by atoms with Gasteiger partial charge in [-0.15, -0.1) is 0 Å². The van der Waals surface area contributed by atoms with Crippen LogP contribution in [0.2, 0.25) is 0 Å². The van der Waals surface area contributed by atoms with E-state index in [1.807, 2.05) is 54.7 Å². The van der Waals surface area contributed by atoms with Crippen molar-refractivity contribution >= 4 is 11.6 Å². The second-order valence-corrected chi connectivity index (χ2v) is 5.85. The van der Waals surface area contributed by atoms with E-state index in [1.165, 1.54) is 5.56 Å². The molecule has 2 unspecified atom stereocenters. The Bertz CT molecular complexity index is 794. The highest BCUT2D eigenvalue weighted by Gasteiger charge is 2.43. The first kappa shape index (κ1) is 13.8. The number of carbonyl (C=O) groups is 1. The highest BCUT2D eigenvalue weighted by molar-refractivity contribution is 5.95. The lowest BCUT2D eigenvalue weighted by molar-refractivity contribution is -0.117. The van der Waals surface area contributed by atoms with E-state index in [9.17, 15) is 4.79 Å². The smallest absolute Gasteiger partial charge is 0.228 e. The number of aromatic nitrogens is 2. The number of benzene rings is 2. The third kappa shape index (κ3) is 2.88. The number of hydrogen-bond acceptors (Lipinski definition) is 2. The summed E-state index contributed by atoms with van der Waals surface area (Å²) in [7, 11) is 0. The number of rotatable bonds is 4. The Kier molecular flexibility index (Phi) is 3.42. The lowest BCUT2D eigenvalue weighted by Crippen LogP contribution is -2.14. The second-order valence-electron chi connectivity index (χ2n) is 5.85. The van der Waals surface area contributed by atoms with Crippen molar-refractivity contribution in [2.45, 2.75) is 12.3 Å². The molecule has 2 aromatic carbocycles. The van der Waals surface area contributed by atoms with Crippen LogP contribution in [0.15, 0.2) is 73.1 Å². The number of amides is 1. The van der Waals surface area contributed by atoms with E-state index in [0.717, 1.165) is 17.8 Å². The zero-order valence-electron chi connectivity index (χ0n) is 12.6. The SMILES string of the molecule is O=C(Nc1ccc(-n2cccn2)cc1)C1CC1c1ccccc1.